The fraction of sp³-hybridized carbons (Fsp3) is 0.318. The van der Waals surface area contributed by atoms with Crippen molar-refractivity contribution in [2.75, 3.05) is 0 Å². The number of amides is 1. The molecule has 1 aromatic heterocycles. The third-order valence-corrected chi connectivity index (χ3v) is 5.46. The molecule has 0 fully saturated rings. The summed E-state index contributed by atoms with van der Waals surface area (Å²) in [7, 11) is 0. The zero-order valence-electron chi connectivity index (χ0n) is 16.5. The van der Waals surface area contributed by atoms with E-state index in [9.17, 15) is 14.4 Å². The van der Waals surface area contributed by atoms with Crippen molar-refractivity contribution in [1.82, 2.24) is 14.9 Å². The summed E-state index contributed by atoms with van der Waals surface area (Å²) in [5, 5.41) is 12.2. The van der Waals surface area contributed by atoms with Gasteiger partial charge in [0.15, 0.2) is 0 Å². The largest absolute Gasteiger partial charge is 0.348 e. The van der Waals surface area contributed by atoms with Crippen LogP contribution in [0.15, 0.2) is 36.7 Å². The lowest BCUT2D eigenvalue weighted by Crippen LogP contribution is -2.30. The average molecular weight is 413 g/mol. The molecule has 0 bridgehead atoms. The molecule has 0 aliphatic rings. The topological polar surface area (TPSA) is 70.7 Å². The molecule has 2 unspecified atom stereocenters. The summed E-state index contributed by atoms with van der Waals surface area (Å²) in [5.41, 5.74) is 3.92. The number of nitriles is 1. The maximum Gasteiger partial charge on any atom is 0.240 e. The summed E-state index contributed by atoms with van der Waals surface area (Å²) in [5.74, 6) is -0.913. The van der Waals surface area contributed by atoms with E-state index in [0.29, 0.717) is 11.0 Å². The number of nitrogens with zero attached hydrogens (tertiary/aromatic N) is 3. The van der Waals surface area contributed by atoms with Gasteiger partial charge in [0.25, 0.3) is 0 Å². The highest BCUT2D eigenvalue weighted by atomic mass is 35.5. The number of imidazole rings is 1. The summed E-state index contributed by atoms with van der Waals surface area (Å²) in [4.78, 5) is 16.7. The number of aryl methyl sites for hydroxylation is 1. The van der Waals surface area contributed by atoms with Crippen LogP contribution in [0.2, 0.25) is 5.02 Å². The van der Waals surface area contributed by atoms with Crippen molar-refractivity contribution in [3.05, 3.63) is 64.2 Å². The van der Waals surface area contributed by atoms with Crippen LogP contribution in [-0.2, 0) is 11.3 Å². The summed E-state index contributed by atoms with van der Waals surface area (Å²) >= 11 is 6.05. The number of carbonyl (C=O) groups is 1. The molecule has 150 valence electrons. The molecule has 29 heavy (non-hydrogen) atoms. The van der Waals surface area contributed by atoms with Gasteiger partial charge < -0.3 is 9.88 Å². The Morgan fingerprint density at radius 2 is 2.14 bits per heavy atom. The van der Waals surface area contributed by atoms with Gasteiger partial charge in [-0.3, -0.25) is 4.79 Å². The maximum atomic E-state index is 13.8. The average Bonchev–Trinajstić information content (AvgIpc) is 3.09. The molecular formula is C22H22ClFN4O. The number of carbonyl (C=O) groups excluding carboxylic acids is 1. The van der Waals surface area contributed by atoms with Crippen LogP contribution >= 0.6 is 11.6 Å². The Morgan fingerprint density at radius 1 is 1.38 bits per heavy atom. The highest BCUT2D eigenvalue weighted by Crippen LogP contribution is 2.27. The summed E-state index contributed by atoms with van der Waals surface area (Å²) in [6, 6.07) is 10.8. The quantitative estimate of drug-likeness (QED) is 0.617. The van der Waals surface area contributed by atoms with E-state index in [2.05, 4.69) is 16.4 Å². The second kappa shape index (κ2) is 8.62. The molecule has 0 radical (unpaired) electrons. The predicted molar refractivity (Wildman–Crippen MR) is 111 cm³/mol. The van der Waals surface area contributed by atoms with Gasteiger partial charge in [0.1, 0.15) is 17.4 Å². The van der Waals surface area contributed by atoms with Crippen molar-refractivity contribution in [3.8, 4) is 6.07 Å². The van der Waals surface area contributed by atoms with E-state index in [-0.39, 0.29) is 29.4 Å². The Hall–Kier alpha value is -2.91. The Kier molecular flexibility index (Phi) is 6.19. The third kappa shape index (κ3) is 4.25. The maximum absolute atomic E-state index is 13.8. The molecule has 0 aliphatic heterocycles. The van der Waals surface area contributed by atoms with Gasteiger partial charge in [0, 0.05) is 0 Å². The number of aromatic nitrogens is 2. The van der Waals surface area contributed by atoms with Crippen LogP contribution in [-0.4, -0.2) is 15.5 Å². The van der Waals surface area contributed by atoms with Crippen molar-refractivity contribution in [2.45, 2.75) is 45.7 Å². The molecule has 3 rings (SSSR count). The molecule has 1 N–H and O–H groups in total. The van der Waals surface area contributed by atoms with Crippen LogP contribution in [0.5, 0.6) is 0 Å². The molecule has 1 heterocycles. The number of nitrogens with one attached hydrogen (secondary N) is 1. The van der Waals surface area contributed by atoms with E-state index < -0.39 is 5.82 Å². The molecule has 5 nitrogen and oxygen atoms in total. The zero-order valence-corrected chi connectivity index (χ0v) is 17.3. The van der Waals surface area contributed by atoms with Gasteiger partial charge in [0.2, 0.25) is 5.91 Å². The lowest BCUT2D eigenvalue weighted by atomic mass is 9.91. The Morgan fingerprint density at radius 3 is 2.79 bits per heavy atom. The van der Waals surface area contributed by atoms with Gasteiger partial charge in [-0.15, -0.1) is 0 Å². The number of hydrogen-bond donors (Lipinski definition) is 1. The molecule has 0 aliphatic carbocycles. The molecule has 2 atom stereocenters. The number of rotatable bonds is 6. The van der Waals surface area contributed by atoms with Gasteiger partial charge in [-0.25, -0.2) is 9.37 Å². The molecule has 3 aromatic rings. The lowest BCUT2D eigenvalue weighted by molar-refractivity contribution is -0.122. The van der Waals surface area contributed by atoms with Crippen LogP contribution in [0, 0.1) is 24.1 Å². The molecular weight excluding hydrogens is 391 g/mol. The molecule has 0 saturated carbocycles. The van der Waals surface area contributed by atoms with Gasteiger partial charge in [0.05, 0.1) is 35.4 Å². The first-order valence-electron chi connectivity index (χ1n) is 9.44. The zero-order chi connectivity index (χ0) is 21.1. The Bertz CT molecular complexity index is 1100. The fourth-order valence-corrected chi connectivity index (χ4v) is 3.75. The Labute approximate surface area is 174 Å². The molecule has 2 aromatic carbocycles. The van der Waals surface area contributed by atoms with E-state index >= 15 is 0 Å². The lowest BCUT2D eigenvalue weighted by Gasteiger charge is -2.18. The first-order chi connectivity index (χ1) is 13.8. The minimum absolute atomic E-state index is 0.0204. The van der Waals surface area contributed by atoms with E-state index in [1.807, 2.05) is 39.0 Å². The standard InChI is InChI=1S/C22H22ClFN4O/c1-4-15(10-25)17-6-5-16(9-13(17)2)14(3)27-20(29)11-28-12-26-19-8-7-18(24)21(23)22(19)28/h5-9,12,14-15H,4,11H2,1-3H3,(H,27,29). The van der Waals surface area contributed by atoms with E-state index in [1.165, 1.54) is 23.0 Å². The fourth-order valence-electron chi connectivity index (χ4n) is 3.48. The SMILES string of the molecule is CCC(C#N)c1ccc(C(C)NC(=O)Cn2cnc3ccc(F)c(Cl)c32)cc1C. The second-order valence-electron chi connectivity index (χ2n) is 7.10. The highest BCUT2D eigenvalue weighted by molar-refractivity contribution is 6.35. The van der Waals surface area contributed by atoms with Gasteiger partial charge in [-0.05, 0) is 49.1 Å². The molecule has 0 saturated heterocycles. The van der Waals surface area contributed by atoms with E-state index in [1.54, 1.807) is 0 Å². The number of benzene rings is 2. The molecule has 7 heteroatoms. The van der Waals surface area contributed by atoms with E-state index in [4.69, 9.17) is 11.6 Å². The number of fused-ring (bicyclic) bond motifs is 1. The van der Waals surface area contributed by atoms with Crippen molar-refractivity contribution >= 4 is 28.5 Å². The van der Waals surface area contributed by atoms with Crippen molar-refractivity contribution in [1.29, 1.82) is 5.26 Å². The monoisotopic (exact) mass is 412 g/mol. The smallest absolute Gasteiger partial charge is 0.240 e. The first-order valence-corrected chi connectivity index (χ1v) is 9.81. The van der Waals surface area contributed by atoms with Crippen LogP contribution in [0.4, 0.5) is 4.39 Å². The normalized spacial score (nSPS) is 13.1. The summed E-state index contributed by atoms with van der Waals surface area (Å²) < 4.78 is 15.3. The van der Waals surface area contributed by atoms with Gasteiger partial charge >= 0.3 is 0 Å². The summed E-state index contributed by atoms with van der Waals surface area (Å²) in [6.45, 7) is 5.84. The van der Waals surface area contributed by atoms with Gasteiger partial charge in [-0.2, -0.15) is 5.26 Å². The highest BCUT2D eigenvalue weighted by Gasteiger charge is 2.17. The van der Waals surface area contributed by atoms with Crippen LogP contribution in [0.3, 0.4) is 0 Å². The van der Waals surface area contributed by atoms with Gasteiger partial charge in [-0.1, -0.05) is 36.7 Å². The number of hydrogen-bond acceptors (Lipinski definition) is 3. The van der Waals surface area contributed by atoms with Crippen LogP contribution in [0.1, 0.15) is 48.9 Å². The van der Waals surface area contributed by atoms with Crippen molar-refractivity contribution in [3.63, 3.8) is 0 Å². The van der Waals surface area contributed by atoms with Crippen molar-refractivity contribution < 1.29 is 9.18 Å². The predicted octanol–water partition coefficient (Wildman–Crippen LogP) is 5.03. The minimum Gasteiger partial charge on any atom is -0.348 e. The van der Waals surface area contributed by atoms with Crippen LogP contribution in [0.25, 0.3) is 11.0 Å². The first kappa shape index (κ1) is 20.8. The summed E-state index contributed by atoms with van der Waals surface area (Å²) in [6.07, 6.45) is 2.23. The van der Waals surface area contributed by atoms with E-state index in [0.717, 1.165) is 23.1 Å². The minimum atomic E-state index is -0.548. The third-order valence-electron chi connectivity index (χ3n) is 5.10. The molecule has 0 spiro atoms. The second-order valence-corrected chi connectivity index (χ2v) is 7.47. The Balaban J connectivity index is 1.74. The number of halogens is 2. The van der Waals surface area contributed by atoms with Crippen molar-refractivity contribution in [2.24, 2.45) is 0 Å². The van der Waals surface area contributed by atoms with Crippen LogP contribution < -0.4 is 5.32 Å². The molecule has 1 amide bonds.